The number of hydrogen-bond acceptors (Lipinski definition) is 3. The van der Waals surface area contributed by atoms with E-state index in [1.807, 2.05) is 0 Å². The molecule has 1 aliphatic carbocycles. The molecule has 20 heavy (non-hydrogen) atoms. The van der Waals surface area contributed by atoms with Crippen molar-refractivity contribution in [2.45, 2.75) is 83.8 Å². The first-order valence-corrected chi connectivity index (χ1v) is 8.54. The molecule has 2 rings (SSSR count). The Kier molecular flexibility index (Phi) is 5.88. The maximum atomic E-state index is 12.0. The summed E-state index contributed by atoms with van der Waals surface area (Å²) in [7, 11) is 0. The molecule has 3 heteroatoms. The fraction of sp³-hybridized carbons (Fsp3) is 0.941. The van der Waals surface area contributed by atoms with Crippen molar-refractivity contribution in [2.24, 2.45) is 17.8 Å². The molecule has 0 aromatic rings. The van der Waals surface area contributed by atoms with Gasteiger partial charge in [-0.3, -0.25) is 4.79 Å². The van der Waals surface area contributed by atoms with Crippen LogP contribution < -0.4 is 0 Å². The first kappa shape index (κ1) is 15.8. The van der Waals surface area contributed by atoms with E-state index in [0.29, 0.717) is 5.92 Å². The van der Waals surface area contributed by atoms with Crippen molar-refractivity contribution in [2.75, 3.05) is 0 Å². The van der Waals surface area contributed by atoms with E-state index in [2.05, 4.69) is 13.8 Å². The molecule has 3 nitrogen and oxygen atoms in total. The summed E-state index contributed by atoms with van der Waals surface area (Å²) in [5.41, 5.74) is 0. The summed E-state index contributed by atoms with van der Waals surface area (Å²) in [6, 6.07) is 0. The summed E-state index contributed by atoms with van der Waals surface area (Å²) in [5.74, 6) is 0.724. The number of aliphatic hydroxyl groups is 1. The van der Waals surface area contributed by atoms with Gasteiger partial charge in [-0.05, 0) is 31.6 Å². The van der Waals surface area contributed by atoms with Gasteiger partial charge in [-0.2, -0.15) is 0 Å². The second kappa shape index (κ2) is 7.44. The fourth-order valence-electron chi connectivity index (χ4n) is 3.98. The lowest BCUT2D eigenvalue weighted by Crippen LogP contribution is -2.48. The lowest BCUT2D eigenvalue weighted by molar-refractivity contribution is -0.178. The molecule has 0 aromatic carbocycles. The van der Waals surface area contributed by atoms with E-state index in [0.717, 1.165) is 32.1 Å². The van der Waals surface area contributed by atoms with Crippen LogP contribution in [0, 0.1) is 17.8 Å². The third-order valence-corrected chi connectivity index (χ3v) is 5.12. The standard InChI is InChI=1S/C17H30O3/c1-3-5-6-8-12-9-15(18)14-11-13(7-4-2)17(19)20-16(14)10-12/h12-16,18H,3-11H2,1-2H3. The average molecular weight is 282 g/mol. The van der Waals surface area contributed by atoms with Gasteiger partial charge in [0, 0.05) is 5.92 Å². The SMILES string of the molecule is CCCCCC1CC(O)C2CC(CCC)C(=O)OC2C1. The van der Waals surface area contributed by atoms with Crippen LogP contribution in [-0.4, -0.2) is 23.3 Å². The molecule has 5 atom stereocenters. The van der Waals surface area contributed by atoms with Crippen molar-refractivity contribution >= 4 is 5.97 Å². The van der Waals surface area contributed by atoms with E-state index >= 15 is 0 Å². The second-order valence-corrected chi connectivity index (χ2v) is 6.76. The average Bonchev–Trinajstić information content (AvgIpc) is 2.41. The number of aliphatic hydroxyl groups excluding tert-OH is 1. The minimum Gasteiger partial charge on any atom is -0.462 e. The molecule has 0 spiro atoms. The summed E-state index contributed by atoms with van der Waals surface area (Å²) in [4.78, 5) is 12.0. The summed E-state index contributed by atoms with van der Waals surface area (Å²) in [5, 5.41) is 10.4. The summed E-state index contributed by atoms with van der Waals surface area (Å²) < 4.78 is 5.66. The maximum absolute atomic E-state index is 12.0. The van der Waals surface area contributed by atoms with Crippen LogP contribution in [0.4, 0.5) is 0 Å². The molecule has 2 aliphatic rings. The molecule has 1 N–H and O–H groups in total. The fourth-order valence-corrected chi connectivity index (χ4v) is 3.98. The van der Waals surface area contributed by atoms with Crippen LogP contribution in [0.1, 0.15) is 71.6 Å². The zero-order valence-corrected chi connectivity index (χ0v) is 13.0. The van der Waals surface area contributed by atoms with Crippen LogP contribution in [-0.2, 0) is 9.53 Å². The largest absolute Gasteiger partial charge is 0.462 e. The quantitative estimate of drug-likeness (QED) is 0.597. The molecule has 0 aromatic heterocycles. The molecule has 1 heterocycles. The van der Waals surface area contributed by atoms with Crippen molar-refractivity contribution < 1.29 is 14.6 Å². The lowest BCUT2D eigenvalue weighted by Gasteiger charge is -2.44. The number of ether oxygens (including phenoxy) is 1. The first-order valence-electron chi connectivity index (χ1n) is 8.54. The summed E-state index contributed by atoms with van der Waals surface area (Å²) in [6.07, 6.45) is 9.22. The highest BCUT2D eigenvalue weighted by molar-refractivity contribution is 5.73. The lowest BCUT2D eigenvalue weighted by atomic mass is 9.71. The molecular weight excluding hydrogens is 252 g/mol. The maximum Gasteiger partial charge on any atom is 0.309 e. The molecule has 0 radical (unpaired) electrons. The summed E-state index contributed by atoms with van der Waals surface area (Å²) in [6.45, 7) is 4.31. The normalized spacial score (nSPS) is 37.4. The Morgan fingerprint density at radius 2 is 1.90 bits per heavy atom. The Morgan fingerprint density at radius 3 is 2.60 bits per heavy atom. The van der Waals surface area contributed by atoms with Crippen molar-refractivity contribution in [3.8, 4) is 0 Å². The number of fused-ring (bicyclic) bond motifs is 1. The predicted octanol–water partition coefficient (Wildman–Crippen LogP) is 3.69. The topological polar surface area (TPSA) is 46.5 Å². The minimum absolute atomic E-state index is 0.0190. The van der Waals surface area contributed by atoms with Gasteiger partial charge in [-0.1, -0.05) is 46.0 Å². The molecule has 116 valence electrons. The molecule has 1 saturated carbocycles. The number of rotatable bonds is 6. The Morgan fingerprint density at radius 1 is 1.10 bits per heavy atom. The molecular formula is C17H30O3. The van der Waals surface area contributed by atoms with Crippen molar-refractivity contribution in [1.29, 1.82) is 0 Å². The Bertz CT molecular complexity index is 315. The van der Waals surface area contributed by atoms with Gasteiger partial charge in [0.1, 0.15) is 6.10 Å². The molecule has 0 bridgehead atoms. The second-order valence-electron chi connectivity index (χ2n) is 6.76. The van der Waals surface area contributed by atoms with E-state index in [4.69, 9.17) is 4.74 Å². The van der Waals surface area contributed by atoms with E-state index in [-0.39, 0.29) is 30.0 Å². The van der Waals surface area contributed by atoms with Gasteiger partial charge in [-0.15, -0.1) is 0 Å². The van der Waals surface area contributed by atoms with Gasteiger partial charge in [0.2, 0.25) is 0 Å². The van der Waals surface area contributed by atoms with Crippen LogP contribution in [0.3, 0.4) is 0 Å². The highest BCUT2D eigenvalue weighted by atomic mass is 16.5. The van der Waals surface area contributed by atoms with Crippen LogP contribution in [0.25, 0.3) is 0 Å². The zero-order valence-electron chi connectivity index (χ0n) is 13.0. The Labute approximate surface area is 123 Å². The van der Waals surface area contributed by atoms with Gasteiger partial charge in [-0.25, -0.2) is 0 Å². The van der Waals surface area contributed by atoms with Crippen LogP contribution in [0.5, 0.6) is 0 Å². The smallest absolute Gasteiger partial charge is 0.309 e. The Balaban J connectivity index is 1.89. The van der Waals surface area contributed by atoms with Crippen molar-refractivity contribution in [1.82, 2.24) is 0 Å². The Hall–Kier alpha value is -0.570. The monoisotopic (exact) mass is 282 g/mol. The third kappa shape index (κ3) is 3.75. The van der Waals surface area contributed by atoms with Crippen LogP contribution >= 0.6 is 0 Å². The first-order chi connectivity index (χ1) is 9.65. The number of hydrogen-bond donors (Lipinski definition) is 1. The number of carbonyl (C=O) groups excluding carboxylic acids is 1. The van der Waals surface area contributed by atoms with Crippen LogP contribution in [0.2, 0.25) is 0 Å². The van der Waals surface area contributed by atoms with E-state index in [1.54, 1.807) is 0 Å². The number of unbranched alkanes of at least 4 members (excludes halogenated alkanes) is 2. The van der Waals surface area contributed by atoms with Gasteiger partial charge in [0.15, 0.2) is 0 Å². The number of esters is 1. The van der Waals surface area contributed by atoms with Crippen molar-refractivity contribution in [3.05, 3.63) is 0 Å². The molecule has 1 aliphatic heterocycles. The van der Waals surface area contributed by atoms with E-state index in [1.165, 1.54) is 25.7 Å². The molecule has 2 fully saturated rings. The predicted molar refractivity (Wildman–Crippen MR) is 79.3 cm³/mol. The van der Waals surface area contributed by atoms with Gasteiger partial charge in [0.25, 0.3) is 0 Å². The van der Waals surface area contributed by atoms with Gasteiger partial charge in [0.05, 0.1) is 12.0 Å². The molecule has 0 amide bonds. The van der Waals surface area contributed by atoms with E-state index in [9.17, 15) is 9.90 Å². The third-order valence-electron chi connectivity index (χ3n) is 5.12. The molecule has 5 unspecified atom stereocenters. The highest BCUT2D eigenvalue weighted by Gasteiger charge is 2.44. The van der Waals surface area contributed by atoms with Gasteiger partial charge >= 0.3 is 5.97 Å². The zero-order chi connectivity index (χ0) is 14.5. The highest BCUT2D eigenvalue weighted by Crippen LogP contribution is 2.41. The van der Waals surface area contributed by atoms with Crippen molar-refractivity contribution in [3.63, 3.8) is 0 Å². The summed E-state index contributed by atoms with van der Waals surface area (Å²) >= 11 is 0. The molecule has 1 saturated heterocycles. The van der Waals surface area contributed by atoms with Gasteiger partial charge < -0.3 is 9.84 Å². The minimum atomic E-state index is -0.271. The van der Waals surface area contributed by atoms with E-state index < -0.39 is 0 Å². The number of carbonyl (C=O) groups is 1. The van der Waals surface area contributed by atoms with Crippen LogP contribution in [0.15, 0.2) is 0 Å².